The van der Waals surface area contributed by atoms with Gasteiger partial charge in [0, 0.05) is 18.8 Å². The fourth-order valence-electron chi connectivity index (χ4n) is 3.06. The number of anilines is 1. The Labute approximate surface area is 176 Å². The highest BCUT2D eigenvalue weighted by Gasteiger charge is 2.30. The van der Waals surface area contributed by atoms with Gasteiger partial charge in [-0.05, 0) is 43.7 Å². The summed E-state index contributed by atoms with van der Waals surface area (Å²) in [7, 11) is -2.38. The summed E-state index contributed by atoms with van der Waals surface area (Å²) in [6.45, 7) is 4.74. The van der Waals surface area contributed by atoms with E-state index in [1.165, 1.54) is 23.5 Å². The van der Waals surface area contributed by atoms with E-state index in [0.717, 1.165) is 5.56 Å². The minimum absolute atomic E-state index is 0.00262. The quantitative estimate of drug-likeness (QED) is 0.719. The molecule has 9 heteroatoms. The van der Waals surface area contributed by atoms with Crippen molar-refractivity contribution < 1.29 is 27.4 Å². The normalized spacial score (nSPS) is 16.0. The van der Waals surface area contributed by atoms with Gasteiger partial charge in [-0.1, -0.05) is 18.2 Å². The second-order valence-electron chi connectivity index (χ2n) is 6.90. The second-order valence-corrected chi connectivity index (χ2v) is 8.80. The fraction of sp³-hybridized carbons (Fsp3) is 0.381. The van der Waals surface area contributed by atoms with Gasteiger partial charge in [0.05, 0.1) is 20.3 Å². The average molecular weight is 435 g/mol. The molecule has 2 aromatic carbocycles. The lowest BCUT2D eigenvalue weighted by Gasteiger charge is -2.27. The number of para-hydroxylation sites is 1. The van der Waals surface area contributed by atoms with Crippen molar-refractivity contribution >= 4 is 21.6 Å². The highest BCUT2D eigenvalue weighted by atomic mass is 32.2. The zero-order chi connectivity index (χ0) is 21.7. The number of methoxy groups -OCH3 is 1. The average Bonchev–Trinajstić information content (AvgIpc) is 2.75. The number of rotatable bonds is 7. The first-order valence-electron chi connectivity index (χ1n) is 9.62. The van der Waals surface area contributed by atoms with Gasteiger partial charge in [-0.3, -0.25) is 4.79 Å². The Morgan fingerprint density at radius 3 is 2.50 bits per heavy atom. The molecule has 1 N–H and O–H groups in total. The first-order valence-corrected chi connectivity index (χ1v) is 11.1. The molecule has 1 amide bonds. The molecule has 0 unspecified atom stereocenters. The minimum Gasteiger partial charge on any atom is -0.495 e. The van der Waals surface area contributed by atoms with Crippen molar-refractivity contribution in [2.45, 2.75) is 24.8 Å². The van der Waals surface area contributed by atoms with Gasteiger partial charge in [-0.15, -0.1) is 0 Å². The molecule has 3 rings (SSSR count). The van der Waals surface area contributed by atoms with E-state index < -0.39 is 22.0 Å². The van der Waals surface area contributed by atoms with Crippen molar-refractivity contribution in [2.24, 2.45) is 0 Å². The minimum atomic E-state index is -3.79. The third-order valence-electron chi connectivity index (χ3n) is 4.79. The molecule has 30 heavy (non-hydrogen) atoms. The molecule has 0 aromatic heterocycles. The summed E-state index contributed by atoms with van der Waals surface area (Å²) in [5.41, 5.74) is 1.26. The molecule has 0 saturated carbocycles. The molecule has 0 radical (unpaired) electrons. The van der Waals surface area contributed by atoms with E-state index in [1.807, 2.05) is 25.1 Å². The SMILES string of the molecule is COc1ccc(NC(=O)[C@@H](C)Oc2ccccc2C)cc1S(=O)(=O)N1CCOCC1. The van der Waals surface area contributed by atoms with Gasteiger partial charge >= 0.3 is 0 Å². The van der Waals surface area contributed by atoms with Crippen LogP contribution in [0.25, 0.3) is 0 Å². The Bertz CT molecular complexity index is 1000. The molecule has 1 saturated heterocycles. The molecule has 1 fully saturated rings. The predicted molar refractivity (Wildman–Crippen MR) is 112 cm³/mol. The lowest BCUT2D eigenvalue weighted by atomic mass is 10.2. The molecule has 162 valence electrons. The molecule has 1 aliphatic rings. The van der Waals surface area contributed by atoms with Crippen LogP contribution in [-0.4, -0.2) is 58.1 Å². The van der Waals surface area contributed by atoms with E-state index in [2.05, 4.69) is 5.32 Å². The Kier molecular flexibility index (Phi) is 6.96. The van der Waals surface area contributed by atoms with Crippen molar-refractivity contribution in [3.05, 3.63) is 48.0 Å². The third-order valence-corrected chi connectivity index (χ3v) is 6.71. The van der Waals surface area contributed by atoms with E-state index in [-0.39, 0.29) is 23.7 Å². The van der Waals surface area contributed by atoms with Crippen LogP contribution in [0.1, 0.15) is 12.5 Å². The zero-order valence-electron chi connectivity index (χ0n) is 17.3. The van der Waals surface area contributed by atoms with E-state index in [0.29, 0.717) is 24.7 Å². The molecular weight excluding hydrogens is 408 g/mol. The van der Waals surface area contributed by atoms with Crippen LogP contribution < -0.4 is 14.8 Å². The van der Waals surface area contributed by atoms with Crippen molar-refractivity contribution in [2.75, 3.05) is 38.7 Å². The van der Waals surface area contributed by atoms with Gasteiger partial charge < -0.3 is 19.5 Å². The Morgan fingerprint density at radius 1 is 1.13 bits per heavy atom. The Morgan fingerprint density at radius 2 is 1.83 bits per heavy atom. The lowest BCUT2D eigenvalue weighted by Crippen LogP contribution is -2.40. The van der Waals surface area contributed by atoms with Crippen LogP contribution in [0.15, 0.2) is 47.4 Å². The Balaban J connectivity index is 1.79. The third kappa shape index (κ3) is 4.92. The van der Waals surface area contributed by atoms with Crippen LogP contribution in [0.4, 0.5) is 5.69 Å². The molecule has 8 nitrogen and oxygen atoms in total. The summed E-state index contributed by atoms with van der Waals surface area (Å²) in [5, 5.41) is 2.72. The summed E-state index contributed by atoms with van der Waals surface area (Å²) in [6, 6.07) is 11.9. The topological polar surface area (TPSA) is 94.2 Å². The number of sulfonamides is 1. The monoisotopic (exact) mass is 434 g/mol. The molecule has 1 heterocycles. The van der Waals surface area contributed by atoms with Crippen LogP contribution in [0.3, 0.4) is 0 Å². The van der Waals surface area contributed by atoms with E-state index in [1.54, 1.807) is 19.1 Å². The summed E-state index contributed by atoms with van der Waals surface area (Å²) in [6.07, 6.45) is -0.771. The summed E-state index contributed by atoms with van der Waals surface area (Å²) in [4.78, 5) is 12.6. The molecule has 0 aliphatic carbocycles. The van der Waals surface area contributed by atoms with Crippen molar-refractivity contribution in [3.63, 3.8) is 0 Å². The standard InChI is InChI=1S/C21H26N2O6S/c1-15-6-4-5-7-18(15)29-16(2)21(24)22-17-8-9-19(27-3)20(14-17)30(25,26)23-10-12-28-13-11-23/h4-9,14,16H,10-13H2,1-3H3,(H,22,24)/t16-/m1/s1. The number of carbonyl (C=O) groups is 1. The van der Waals surface area contributed by atoms with Crippen molar-refractivity contribution in [3.8, 4) is 11.5 Å². The number of nitrogens with zero attached hydrogens (tertiary/aromatic N) is 1. The second kappa shape index (κ2) is 9.46. The Hall–Kier alpha value is -2.62. The number of carbonyl (C=O) groups excluding carboxylic acids is 1. The predicted octanol–water partition coefficient (Wildman–Crippen LogP) is 2.43. The van der Waals surface area contributed by atoms with Gasteiger partial charge in [-0.2, -0.15) is 4.31 Å². The largest absolute Gasteiger partial charge is 0.495 e. The number of nitrogens with one attached hydrogen (secondary N) is 1. The first kappa shape index (κ1) is 22.1. The van der Waals surface area contributed by atoms with Gasteiger partial charge in [0.2, 0.25) is 10.0 Å². The van der Waals surface area contributed by atoms with Gasteiger partial charge in [0.1, 0.15) is 16.4 Å². The van der Waals surface area contributed by atoms with Crippen LogP contribution in [0, 0.1) is 6.92 Å². The fourth-order valence-corrected chi connectivity index (χ4v) is 4.65. The highest BCUT2D eigenvalue weighted by molar-refractivity contribution is 7.89. The maximum Gasteiger partial charge on any atom is 0.265 e. The lowest BCUT2D eigenvalue weighted by molar-refractivity contribution is -0.122. The molecule has 2 aromatic rings. The van der Waals surface area contributed by atoms with Gasteiger partial charge in [-0.25, -0.2) is 8.42 Å². The summed E-state index contributed by atoms with van der Waals surface area (Å²) >= 11 is 0. The number of ether oxygens (including phenoxy) is 3. The number of benzene rings is 2. The van der Waals surface area contributed by atoms with Crippen molar-refractivity contribution in [1.82, 2.24) is 4.31 Å². The number of hydrogen-bond acceptors (Lipinski definition) is 6. The number of amides is 1. The van der Waals surface area contributed by atoms with Crippen LogP contribution in [0.2, 0.25) is 0 Å². The first-order chi connectivity index (χ1) is 14.3. The van der Waals surface area contributed by atoms with Crippen LogP contribution >= 0.6 is 0 Å². The zero-order valence-corrected chi connectivity index (χ0v) is 18.1. The smallest absolute Gasteiger partial charge is 0.265 e. The number of aryl methyl sites for hydroxylation is 1. The van der Waals surface area contributed by atoms with E-state index >= 15 is 0 Å². The molecule has 1 aliphatic heterocycles. The van der Waals surface area contributed by atoms with Gasteiger partial charge in [0.15, 0.2) is 6.10 Å². The molecule has 0 bridgehead atoms. The summed E-state index contributed by atoms with van der Waals surface area (Å²) < 4.78 is 43.7. The highest BCUT2D eigenvalue weighted by Crippen LogP contribution is 2.30. The molecule has 1 atom stereocenters. The van der Waals surface area contributed by atoms with E-state index in [4.69, 9.17) is 14.2 Å². The van der Waals surface area contributed by atoms with Crippen LogP contribution in [-0.2, 0) is 19.6 Å². The molecule has 0 spiro atoms. The van der Waals surface area contributed by atoms with Gasteiger partial charge in [0.25, 0.3) is 5.91 Å². The number of morpholine rings is 1. The summed E-state index contributed by atoms with van der Waals surface area (Å²) in [5.74, 6) is 0.437. The van der Waals surface area contributed by atoms with Crippen LogP contribution in [0.5, 0.6) is 11.5 Å². The maximum atomic E-state index is 13.1. The molecular formula is C21H26N2O6S. The number of hydrogen-bond donors (Lipinski definition) is 1. The maximum absolute atomic E-state index is 13.1. The van der Waals surface area contributed by atoms with E-state index in [9.17, 15) is 13.2 Å². The van der Waals surface area contributed by atoms with Crippen molar-refractivity contribution in [1.29, 1.82) is 0 Å².